The molecule has 4 heteroatoms. The second-order valence-corrected chi connectivity index (χ2v) is 3.97. The molecule has 86 valence electrons. The number of hydrogen-bond donors (Lipinski definition) is 1. The molecule has 0 aliphatic rings. The van der Waals surface area contributed by atoms with Crippen molar-refractivity contribution in [3.05, 3.63) is 45.3 Å². The summed E-state index contributed by atoms with van der Waals surface area (Å²) in [6.45, 7) is 4.44. The Kier molecular flexibility index (Phi) is 4.83. The van der Waals surface area contributed by atoms with Crippen LogP contribution in [0.15, 0.2) is 23.3 Å². The van der Waals surface area contributed by atoms with Crippen LogP contribution in [-0.4, -0.2) is 11.7 Å². The second-order valence-electron chi connectivity index (χ2n) is 3.97. The van der Waals surface area contributed by atoms with E-state index in [9.17, 15) is 5.11 Å². The average Bonchev–Trinajstić information content (AvgIpc) is 2.27. The van der Waals surface area contributed by atoms with Gasteiger partial charge in [-0.2, -0.15) is 0 Å². The number of azide groups is 1. The standard InChI is InChI=1S/C12H17N3O/c1-9-5-6-10(2)11(8-9)12(16)4-3-7-14-15-13/h5-6,8,12,16H,3-4,7H2,1-2H3. The molecule has 1 rings (SSSR count). The van der Waals surface area contributed by atoms with Crippen LogP contribution in [0, 0.1) is 13.8 Å². The Morgan fingerprint density at radius 2 is 2.19 bits per heavy atom. The van der Waals surface area contributed by atoms with Crippen molar-refractivity contribution < 1.29 is 5.11 Å². The Hall–Kier alpha value is -1.51. The zero-order valence-corrected chi connectivity index (χ0v) is 9.72. The molecule has 1 unspecified atom stereocenters. The molecule has 0 aliphatic carbocycles. The molecule has 1 aromatic carbocycles. The predicted octanol–water partition coefficient (Wildman–Crippen LogP) is 3.43. The first-order valence-corrected chi connectivity index (χ1v) is 5.41. The molecule has 1 N–H and O–H groups in total. The average molecular weight is 219 g/mol. The van der Waals surface area contributed by atoms with Crippen LogP contribution in [0.1, 0.15) is 35.6 Å². The van der Waals surface area contributed by atoms with Gasteiger partial charge in [0.1, 0.15) is 0 Å². The van der Waals surface area contributed by atoms with Gasteiger partial charge in [0.2, 0.25) is 0 Å². The fourth-order valence-electron chi connectivity index (χ4n) is 1.67. The van der Waals surface area contributed by atoms with E-state index in [1.165, 1.54) is 0 Å². The summed E-state index contributed by atoms with van der Waals surface area (Å²) >= 11 is 0. The summed E-state index contributed by atoms with van der Waals surface area (Å²) in [5, 5.41) is 13.4. The molecular formula is C12H17N3O. The van der Waals surface area contributed by atoms with Crippen molar-refractivity contribution in [1.29, 1.82) is 0 Å². The summed E-state index contributed by atoms with van der Waals surface area (Å²) < 4.78 is 0. The number of rotatable bonds is 5. The SMILES string of the molecule is Cc1ccc(C)c(C(O)CCCN=[N+]=[N-])c1. The van der Waals surface area contributed by atoms with Crippen LogP contribution in [0.5, 0.6) is 0 Å². The number of nitrogens with zero attached hydrogens (tertiary/aromatic N) is 3. The highest BCUT2D eigenvalue weighted by atomic mass is 16.3. The van der Waals surface area contributed by atoms with Crippen LogP contribution in [0.25, 0.3) is 10.4 Å². The summed E-state index contributed by atoms with van der Waals surface area (Å²) in [6.07, 6.45) is 0.871. The zero-order valence-electron chi connectivity index (χ0n) is 9.72. The molecule has 0 radical (unpaired) electrons. The molecule has 4 nitrogen and oxygen atoms in total. The molecule has 1 atom stereocenters. The lowest BCUT2D eigenvalue weighted by Gasteiger charge is -2.13. The highest BCUT2D eigenvalue weighted by Crippen LogP contribution is 2.22. The predicted molar refractivity (Wildman–Crippen MR) is 64.1 cm³/mol. The fraction of sp³-hybridized carbons (Fsp3) is 0.500. The Balaban J connectivity index is 2.61. The van der Waals surface area contributed by atoms with Crippen molar-refractivity contribution in [2.75, 3.05) is 6.54 Å². The number of benzene rings is 1. The van der Waals surface area contributed by atoms with Gasteiger partial charge >= 0.3 is 0 Å². The van der Waals surface area contributed by atoms with Gasteiger partial charge in [-0.1, -0.05) is 28.9 Å². The summed E-state index contributed by atoms with van der Waals surface area (Å²) in [5.74, 6) is 0. The van der Waals surface area contributed by atoms with E-state index in [0.717, 1.165) is 16.7 Å². The normalized spacial score (nSPS) is 11.9. The van der Waals surface area contributed by atoms with Gasteiger partial charge in [0.25, 0.3) is 0 Å². The van der Waals surface area contributed by atoms with Crippen LogP contribution in [0.2, 0.25) is 0 Å². The number of hydrogen-bond acceptors (Lipinski definition) is 2. The van der Waals surface area contributed by atoms with Crippen molar-refractivity contribution >= 4 is 0 Å². The molecule has 0 saturated heterocycles. The van der Waals surface area contributed by atoms with E-state index < -0.39 is 6.10 Å². The lowest BCUT2D eigenvalue weighted by molar-refractivity contribution is 0.164. The molecular weight excluding hydrogens is 202 g/mol. The maximum Gasteiger partial charge on any atom is 0.0792 e. The molecule has 1 aromatic rings. The minimum absolute atomic E-state index is 0.443. The zero-order chi connectivity index (χ0) is 12.0. The van der Waals surface area contributed by atoms with Crippen molar-refractivity contribution in [3.63, 3.8) is 0 Å². The van der Waals surface area contributed by atoms with Crippen LogP contribution in [0.3, 0.4) is 0 Å². The lowest BCUT2D eigenvalue weighted by Crippen LogP contribution is -2.01. The maximum atomic E-state index is 9.99. The van der Waals surface area contributed by atoms with E-state index in [4.69, 9.17) is 5.53 Å². The van der Waals surface area contributed by atoms with E-state index in [1.54, 1.807) is 0 Å². The highest BCUT2D eigenvalue weighted by molar-refractivity contribution is 5.32. The van der Waals surface area contributed by atoms with E-state index in [0.29, 0.717) is 19.4 Å². The van der Waals surface area contributed by atoms with Gasteiger partial charge in [0, 0.05) is 11.5 Å². The van der Waals surface area contributed by atoms with E-state index >= 15 is 0 Å². The molecule has 0 saturated carbocycles. The van der Waals surface area contributed by atoms with Crippen molar-refractivity contribution in [1.82, 2.24) is 0 Å². The van der Waals surface area contributed by atoms with Crippen molar-refractivity contribution in [2.45, 2.75) is 32.8 Å². The van der Waals surface area contributed by atoms with E-state index in [2.05, 4.69) is 10.0 Å². The summed E-state index contributed by atoms with van der Waals surface area (Å²) in [4.78, 5) is 2.68. The Morgan fingerprint density at radius 1 is 1.44 bits per heavy atom. The third-order valence-electron chi connectivity index (χ3n) is 2.59. The van der Waals surface area contributed by atoms with Gasteiger partial charge in [0.15, 0.2) is 0 Å². The lowest BCUT2D eigenvalue weighted by atomic mass is 9.98. The first-order chi connectivity index (χ1) is 7.65. The van der Waals surface area contributed by atoms with Gasteiger partial charge in [-0.25, -0.2) is 0 Å². The summed E-state index contributed by atoms with van der Waals surface area (Å²) in [7, 11) is 0. The van der Waals surface area contributed by atoms with Crippen LogP contribution < -0.4 is 0 Å². The molecule has 0 aliphatic heterocycles. The number of aryl methyl sites for hydroxylation is 2. The molecule has 0 spiro atoms. The van der Waals surface area contributed by atoms with Crippen LogP contribution in [0.4, 0.5) is 0 Å². The van der Waals surface area contributed by atoms with Gasteiger partial charge in [-0.3, -0.25) is 0 Å². The van der Waals surface area contributed by atoms with Gasteiger partial charge in [-0.05, 0) is 43.3 Å². The van der Waals surface area contributed by atoms with Crippen LogP contribution in [-0.2, 0) is 0 Å². The third-order valence-corrected chi connectivity index (χ3v) is 2.59. The van der Waals surface area contributed by atoms with E-state index in [1.807, 2.05) is 32.0 Å². The summed E-state index contributed by atoms with van der Waals surface area (Å²) in [5.41, 5.74) is 11.3. The Bertz CT molecular complexity index is 397. The van der Waals surface area contributed by atoms with Crippen molar-refractivity contribution in [3.8, 4) is 0 Å². The first kappa shape index (κ1) is 12.6. The van der Waals surface area contributed by atoms with Gasteiger partial charge in [0.05, 0.1) is 6.10 Å². The molecule has 0 fully saturated rings. The molecule has 16 heavy (non-hydrogen) atoms. The van der Waals surface area contributed by atoms with Gasteiger partial charge < -0.3 is 5.11 Å². The maximum absolute atomic E-state index is 9.99. The highest BCUT2D eigenvalue weighted by Gasteiger charge is 2.09. The Morgan fingerprint density at radius 3 is 2.88 bits per heavy atom. The monoisotopic (exact) mass is 219 g/mol. The first-order valence-electron chi connectivity index (χ1n) is 5.41. The van der Waals surface area contributed by atoms with Gasteiger partial charge in [-0.15, -0.1) is 0 Å². The summed E-state index contributed by atoms with van der Waals surface area (Å²) in [6, 6.07) is 6.06. The molecule has 0 amide bonds. The quantitative estimate of drug-likeness (QED) is 0.350. The smallest absolute Gasteiger partial charge is 0.0792 e. The minimum Gasteiger partial charge on any atom is -0.388 e. The third kappa shape index (κ3) is 3.57. The Labute approximate surface area is 95.5 Å². The fourth-order valence-corrected chi connectivity index (χ4v) is 1.67. The molecule has 0 heterocycles. The largest absolute Gasteiger partial charge is 0.388 e. The second kappa shape index (κ2) is 6.16. The topological polar surface area (TPSA) is 69.0 Å². The minimum atomic E-state index is -0.464. The number of aliphatic hydroxyl groups is 1. The number of aliphatic hydroxyl groups excluding tert-OH is 1. The van der Waals surface area contributed by atoms with E-state index in [-0.39, 0.29) is 0 Å². The molecule has 0 bridgehead atoms. The van der Waals surface area contributed by atoms with Crippen LogP contribution >= 0.6 is 0 Å². The molecule has 0 aromatic heterocycles. The van der Waals surface area contributed by atoms with Crippen molar-refractivity contribution in [2.24, 2.45) is 5.11 Å².